The van der Waals surface area contributed by atoms with Crippen LogP contribution in [0, 0.1) is 11.8 Å². The van der Waals surface area contributed by atoms with Crippen LogP contribution in [0.2, 0.25) is 0 Å². The van der Waals surface area contributed by atoms with Gasteiger partial charge in [-0.1, -0.05) is 31.0 Å². The third-order valence-electron chi connectivity index (χ3n) is 4.16. The Morgan fingerprint density at radius 2 is 1.94 bits per heavy atom. The third-order valence-corrected chi connectivity index (χ3v) is 5.44. The molecule has 1 saturated carbocycles. The zero-order valence-electron chi connectivity index (χ0n) is 9.56. The number of fused-ring (bicyclic) bond motifs is 2. The highest BCUT2D eigenvalue weighted by molar-refractivity contribution is 7.99. The van der Waals surface area contributed by atoms with Crippen molar-refractivity contribution in [2.24, 2.45) is 17.6 Å². The van der Waals surface area contributed by atoms with Gasteiger partial charge in [-0.2, -0.15) is 0 Å². The topological polar surface area (TPSA) is 26.0 Å². The van der Waals surface area contributed by atoms with E-state index in [9.17, 15) is 0 Å². The molecule has 3 atom stereocenters. The molecule has 0 radical (unpaired) electrons. The zero-order valence-corrected chi connectivity index (χ0v) is 10.4. The molecule has 0 saturated heterocycles. The lowest BCUT2D eigenvalue weighted by molar-refractivity contribution is 0.224. The summed E-state index contributed by atoms with van der Waals surface area (Å²) in [7, 11) is 0. The first-order chi connectivity index (χ1) is 7.86. The number of hydrogen-bond acceptors (Lipinski definition) is 2. The van der Waals surface area contributed by atoms with E-state index in [0.717, 1.165) is 11.8 Å². The van der Waals surface area contributed by atoms with Crippen LogP contribution in [0.4, 0.5) is 0 Å². The van der Waals surface area contributed by atoms with Gasteiger partial charge < -0.3 is 5.73 Å². The van der Waals surface area contributed by atoms with Crippen LogP contribution in [0.1, 0.15) is 37.3 Å². The van der Waals surface area contributed by atoms with Gasteiger partial charge in [0.2, 0.25) is 0 Å². The number of rotatable bonds is 0. The lowest BCUT2D eigenvalue weighted by Gasteiger charge is -2.33. The molecule has 3 rings (SSSR count). The second-order valence-electron chi connectivity index (χ2n) is 5.08. The van der Waals surface area contributed by atoms with Crippen LogP contribution in [0.25, 0.3) is 0 Å². The lowest BCUT2D eigenvalue weighted by atomic mass is 9.75. The van der Waals surface area contributed by atoms with Crippen molar-refractivity contribution in [3.63, 3.8) is 0 Å². The van der Waals surface area contributed by atoms with Crippen LogP contribution < -0.4 is 5.73 Å². The average molecular weight is 233 g/mol. The molecule has 2 heteroatoms. The summed E-state index contributed by atoms with van der Waals surface area (Å²) >= 11 is 2.02. The maximum atomic E-state index is 6.49. The van der Waals surface area contributed by atoms with Crippen LogP contribution >= 0.6 is 11.8 Å². The molecule has 1 aromatic rings. The fraction of sp³-hybridized carbons (Fsp3) is 0.571. The van der Waals surface area contributed by atoms with Crippen LogP contribution in [-0.4, -0.2) is 5.75 Å². The van der Waals surface area contributed by atoms with Crippen molar-refractivity contribution in [2.45, 2.75) is 36.6 Å². The summed E-state index contributed by atoms with van der Waals surface area (Å²) in [6.45, 7) is 0. The van der Waals surface area contributed by atoms with Crippen molar-refractivity contribution < 1.29 is 0 Å². The summed E-state index contributed by atoms with van der Waals surface area (Å²) in [5.74, 6) is 2.85. The molecule has 1 nitrogen and oxygen atoms in total. The molecule has 1 heterocycles. The fourth-order valence-corrected chi connectivity index (χ4v) is 4.58. The summed E-state index contributed by atoms with van der Waals surface area (Å²) in [6, 6.07) is 8.99. The van der Waals surface area contributed by atoms with E-state index < -0.39 is 0 Å². The largest absolute Gasteiger partial charge is 0.324 e. The zero-order chi connectivity index (χ0) is 11.0. The molecule has 1 aliphatic carbocycles. The first-order valence-corrected chi connectivity index (χ1v) is 7.32. The lowest BCUT2D eigenvalue weighted by Crippen LogP contribution is -2.30. The van der Waals surface area contributed by atoms with E-state index in [-0.39, 0.29) is 6.04 Å². The molecular formula is C14H19NS. The minimum atomic E-state index is 0.275. The molecular weight excluding hydrogens is 214 g/mol. The van der Waals surface area contributed by atoms with Gasteiger partial charge in [-0.15, -0.1) is 11.8 Å². The third kappa shape index (κ3) is 1.78. The van der Waals surface area contributed by atoms with Crippen molar-refractivity contribution in [2.75, 3.05) is 5.75 Å². The van der Waals surface area contributed by atoms with E-state index >= 15 is 0 Å². The van der Waals surface area contributed by atoms with E-state index in [2.05, 4.69) is 24.3 Å². The molecule has 0 bridgehead atoms. The fourth-order valence-electron chi connectivity index (χ4n) is 3.23. The van der Waals surface area contributed by atoms with Crippen LogP contribution in [0.5, 0.6) is 0 Å². The molecule has 16 heavy (non-hydrogen) atoms. The van der Waals surface area contributed by atoms with Crippen LogP contribution in [0.15, 0.2) is 29.2 Å². The Kier molecular flexibility index (Phi) is 2.95. The van der Waals surface area contributed by atoms with Crippen molar-refractivity contribution >= 4 is 11.8 Å². The first-order valence-electron chi connectivity index (χ1n) is 6.33. The number of thioether (sulfide) groups is 1. The molecule has 0 unspecified atom stereocenters. The van der Waals surface area contributed by atoms with E-state index in [1.54, 1.807) is 0 Å². The second-order valence-corrected chi connectivity index (χ2v) is 6.14. The quantitative estimate of drug-likeness (QED) is 0.741. The summed E-state index contributed by atoms with van der Waals surface area (Å²) in [5, 5.41) is 0. The summed E-state index contributed by atoms with van der Waals surface area (Å²) in [6.07, 6.45) is 5.51. The van der Waals surface area contributed by atoms with Gasteiger partial charge in [0, 0.05) is 16.7 Å². The Labute approximate surface area is 102 Å². The highest BCUT2D eigenvalue weighted by atomic mass is 32.2. The monoisotopic (exact) mass is 233 g/mol. The van der Waals surface area contributed by atoms with Crippen LogP contribution in [-0.2, 0) is 0 Å². The molecule has 0 amide bonds. The molecule has 2 aliphatic rings. The SMILES string of the molecule is N[C@@H]1c2ccccc2SC[C@@H]2CCCC[C@@H]21. The van der Waals surface area contributed by atoms with Crippen LogP contribution in [0.3, 0.4) is 0 Å². The molecule has 0 aromatic heterocycles. The second kappa shape index (κ2) is 4.42. The molecule has 1 aromatic carbocycles. The van der Waals surface area contributed by atoms with Crippen molar-refractivity contribution in [3.8, 4) is 0 Å². The van der Waals surface area contributed by atoms with E-state index in [1.807, 2.05) is 11.8 Å². The maximum absolute atomic E-state index is 6.49. The molecule has 2 N–H and O–H groups in total. The standard InChI is InChI=1S/C14H19NS/c15-14-11-6-2-1-5-10(11)9-16-13-8-4-3-7-12(13)14/h3-4,7-8,10-11,14H,1-2,5-6,9,15H2/t10-,11-,14-/m0/s1. The average Bonchev–Trinajstić information content (AvgIpc) is 2.49. The van der Waals surface area contributed by atoms with Crippen molar-refractivity contribution in [1.29, 1.82) is 0 Å². The van der Waals surface area contributed by atoms with Crippen molar-refractivity contribution in [1.82, 2.24) is 0 Å². The maximum Gasteiger partial charge on any atom is 0.0337 e. The van der Waals surface area contributed by atoms with Gasteiger partial charge in [-0.3, -0.25) is 0 Å². The predicted molar refractivity (Wildman–Crippen MR) is 69.5 cm³/mol. The summed E-state index contributed by atoms with van der Waals surface area (Å²) in [4.78, 5) is 1.42. The van der Waals surface area contributed by atoms with Gasteiger partial charge in [0.25, 0.3) is 0 Å². The smallest absolute Gasteiger partial charge is 0.0337 e. The molecule has 0 spiro atoms. The van der Waals surface area contributed by atoms with E-state index in [4.69, 9.17) is 5.73 Å². The first kappa shape index (κ1) is 10.7. The van der Waals surface area contributed by atoms with Gasteiger partial charge in [0.1, 0.15) is 0 Å². The van der Waals surface area contributed by atoms with Gasteiger partial charge in [0.05, 0.1) is 0 Å². The summed E-state index contributed by atoms with van der Waals surface area (Å²) in [5.41, 5.74) is 7.88. The minimum Gasteiger partial charge on any atom is -0.324 e. The molecule has 86 valence electrons. The highest BCUT2D eigenvalue weighted by Crippen LogP contribution is 2.45. The number of nitrogens with two attached hydrogens (primary N) is 1. The van der Waals surface area contributed by atoms with Gasteiger partial charge >= 0.3 is 0 Å². The van der Waals surface area contributed by atoms with Gasteiger partial charge in [-0.05, 0) is 36.3 Å². The number of benzene rings is 1. The van der Waals surface area contributed by atoms with Gasteiger partial charge in [-0.25, -0.2) is 0 Å². The Morgan fingerprint density at radius 1 is 1.12 bits per heavy atom. The number of hydrogen-bond donors (Lipinski definition) is 1. The van der Waals surface area contributed by atoms with Gasteiger partial charge in [0.15, 0.2) is 0 Å². The Bertz CT molecular complexity index is 377. The highest BCUT2D eigenvalue weighted by Gasteiger charge is 2.33. The summed E-state index contributed by atoms with van der Waals surface area (Å²) < 4.78 is 0. The molecule has 1 aliphatic heterocycles. The normalized spacial score (nSPS) is 33.7. The minimum absolute atomic E-state index is 0.275. The van der Waals surface area contributed by atoms with E-state index in [1.165, 1.54) is 41.9 Å². The molecule has 1 fully saturated rings. The predicted octanol–water partition coefficient (Wildman–Crippen LogP) is 3.60. The van der Waals surface area contributed by atoms with E-state index in [0.29, 0.717) is 0 Å². The van der Waals surface area contributed by atoms with Crippen molar-refractivity contribution in [3.05, 3.63) is 29.8 Å². The Morgan fingerprint density at radius 3 is 2.88 bits per heavy atom. The Hall–Kier alpha value is -0.470. The Balaban J connectivity index is 1.96.